The van der Waals surface area contributed by atoms with Gasteiger partial charge in [0.25, 0.3) is 11.5 Å². The van der Waals surface area contributed by atoms with Gasteiger partial charge in [0.1, 0.15) is 5.01 Å². The molecule has 0 saturated heterocycles. The van der Waals surface area contributed by atoms with E-state index in [-0.39, 0.29) is 11.3 Å². The van der Waals surface area contributed by atoms with Gasteiger partial charge in [0, 0.05) is 12.4 Å². The molecule has 0 aliphatic carbocycles. The van der Waals surface area contributed by atoms with Gasteiger partial charge in [-0.1, -0.05) is 36.5 Å². The molecule has 3 aromatic rings. The second kappa shape index (κ2) is 5.64. The van der Waals surface area contributed by atoms with E-state index in [9.17, 15) is 9.59 Å². The number of hydrogen-bond acceptors (Lipinski definition) is 6. The summed E-state index contributed by atoms with van der Waals surface area (Å²) in [7, 11) is 1.52. The van der Waals surface area contributed by atoms with E-state index in [1.807, 2.05) is 6.92 Å². The molecule has 0 atom stereocenters. The third kappa shape index (κ3) is 2.48. The van der Waals surface area contributed by atoms with Crippen molar-refractivity contribution in [3.63, 3.8) is 0 Å². The van der Waals surface area contributed by atoms with Crippen LogP contribution in [0.15, 0.2) is 29.1 Å². The molecule has 2 heterocycles. The number of carbonyl (C=O) groups is 1. The number of anilines is 1. The van der Waals surface area contributed by atoms with Gasteiger partial charge in [-0.3, -0.25) is 14.9 Å². The Bertz CT molecular complexity index is 915. The van der Waals surface area contributed by atoms with Crippen molar-refractivity contribution in [2.75, 3.05) is 5.32 Å². The van der Waals surface area contributed by atoms with Crippen LogP contribution in [0.1, 0.15) is 22.4 Å². The van der Waals surface area contributed by atoms with E-state index in [2.05, 4.69) is 20.6 Å². The highest BCUT2D eigenvalue weighted by Crippen LogP contribution is 2.18. The molecule has 1 N–H and O–H groups in total. The molecule has 0 unspecified atom stereocenters. The average Bonchev–Trinajstić information content (AvgIpc) is 2.98. The fourth-order valence-corrected chi connectivity index (χ4v) is 2.75. The van der Waals surface area contributed by atoms with Gasteiger partial charge in [-0.25, -0.2) is 4.68 Å². The molecule has 0 aliphatic heterocycles. The van der Waals surface area contributed by atoms with Crippen LogP contribution < -0.4 is 10.9 Å². The van der Waals surface area contributed by atoms with Gasteiger partial charge in [0.15, 0.2) is 5.69 Å². The second-order valence-electron chi connectivity index (χ2n) is 4.63. The summed E-state index contributed by atoms with van der Waals surface area (Å²) in [5.74, 6) is -0.411. The zero-order chi connectivity index (χ0) is 15.7. The summed E-state index contributed by atoms with van der Waals surface area (Å²) in [6, 6.07) is 6.90. The Morgan fingerprint density at radius 1 is 1.27 bits per heavy atom. The number of hydrogen-bond donors (Lipinski definition) is 1. The van der Waals surface area contributed by atoms with Crippen molar-refractivity contribution in [1.82, 2.24) is 20.0 Å². The summed E-state index contributed by atoms with van der Waals surface area (Å²) in [5, 5.41) is 16.9. The maximum absolute atomic E-state index is 12.4. The van der Waals surface area contributed by atoms with Gasteiger partial charge in [0.2, 0.25) is 5.13 Å². The average molecular weight is 315 g/mol. The molecule has 0 aliphatic rings. The Hall–Kier alpha value is -2.61. The molecule has 2 aromatic heterocycles. The Morgan fingerprint density at radius 2 is 2.00 bits per heavy atom. The van der Waals surface area contributed by atoms with Crippen LogP contribution in [-0.4, -0.2) is 25.9 Å². The minimum atomic E-state index is -0.411. The van der Waals surface area contributed by atoms with Crippen LogP contribution >= 0.6 is 11.3 Å². The predicted octanol–water partition coefficient (Wildman–Crippen LogP) is 1.60. The molecule has 0 radical (unpaired) electrons. The van der Waals surface area contributed by atoms with Gasteiger partial charge in [-0.2, -0.15) is 5.10 Å². The molecule has 1 aromatic carbocycles. The minimum absolute atomic E-state index is 0.186. The SMILES string of the molecule is CCc1nnc(NC(=O)c2nn(C)c(=O)c3ccccc23)s1. The Labute approximate surface area is 129 Å². The first kappa shape index (κ1) is 14.3. The van der Waals surface area contributed by atoms with Crippen LogP contribution in [0.25, 0.3) is 10.8 Å². The molecule has 112 valence electrons. The maximum atomic E-state index is 12.4. The third-order valence-electron chi connectivity index (χ3n) is 3.16. The van der Waals surface area contributed by atoms with Crippen molar-refractivity contribution in [3.05, 3.63) is 45.3 Å². The lowest BCUT2D eigenvalue weighted by atomic mass is 10.1. The number of benzene rings is 1. The molecule has 0 saturated carbocycles. The fourth-order valence-electron chi connectivity index (χ4n) is 2.07. The van der Waals surface area contributed by atoms with E-state index in [1.54, 1.807) is 24.3 Å². The predicted molar refractivity (Wildman–Crippen MR) is 84.2 cm³/mol. The number of rotatable bonds is 3. The number of carbonyl (C=O) groups excluding carboxylic acids is 1. The van der Waals surface area contributed by atoms with Crippen LogP contribution in [-0.2, 0) is 13.5 Å². The molecule has 8 heteroatoms. The number of aryl methyl sites for hydroxylation is 2. The zero-order valence-corrected chi connectivity index (χ0v) is 12.8. The van der Waals surface area contributed by atoms with E-state index >= 15 is 0 Å². The van der Waals surface area contributed by atoms with Crippen LogP contribution in [0.4, 0.5) is 5.13 Å². The molecule has 7 nitrogen and oxygen atoms in total. The highest BCUT2D eigenvalue weighted by molar-refractivity contribution is 7.15. The lowest BCUT2D eigenvalue weighted by Gasteiger charge is -2.07. The quantitative estimate of drug-likeness (QED) is 0.793. The molecule has 0 spiro atoms. The molecule has 22 heavy (non-hydrogen) atoms. The Balaban J connectivity index is 2.04. The number of fused-ring (bicyclic) bond motifs is 1. The van der Waals surface area contributed by atoms with Crippen molar-refractivity contribution in [3.8, 4) is 0 Å². The van der Waals surface area contributed by atoms with Crippen LogP contribution in [0, 0.1) is 0 Å². The van der Waals surface area contributed by atoms with Gasteiger partial charge in [-0.15, -0.1) is 10.2 Å². The van der Waals surface area contributed by atoms with E-state index < -0.39 is 5.91 Å². The van der Waals surface area contributed by atoms with E-state index in [4.69, 9.17) is 0 Å². The van der Waals surface area contributed by atoms with Crippen molar-refractivity contribution < 1.29 is 4.79 Å². The van der Waals surface area contributed by atoms with Crippen molar-refractivity contribution in [2.24, 2.45) is 7.05 Å². The number of nitrogens with zero attached hydrogens (tertiary/aromatic N) is 4. The van der Waals surface area contributed by atoms with Crippen LogP contribution in [0.5, 0.6) is 0 Å². The van der Waals surface area contributed by atoms with Gasteiger partial charge in [-0.05, 0) is 12.5 Å². The Morgan fingerprint density at radius 3 is 2.68 bits per heavy atom. The lowest BCUT2D eigenvalue weighted by Crippen LogP contribution is -2.25. The summed E-state index contributed by atoms with van der Waals surface area (Å²) < 4.78 is 1.16. The summed E-state index contributed by atoms with van der Waals surface area (Å²) in [4.78, 5) is 24.5. The summed E-state index contributed by atoms with van der Waals surface area (Å²) in [6.45, 7) is 1.97. The van der Waals surface area contributed by atoms with Crippen molar-refractivity contribution in [2.45, 2.75) is 13.3 Å². The van der Waals surface area contributed by atoms with Crippen LogP contribution in [0.3, 0.4) is 0 Å². The highest BCUT2D eigenvalue weighted by atomic mass is 32.1. The van der Waals surface area contributed by atoms with Gasteiger partial charge < -0.3 is 0 Å². The largest absolute Gasteiger partial charge is 0.295 e. The molecular weight excluding hydrogens is 302 g/mol. The van der Waals surface area contributed by atoms with E-state index in [1.165, 1.54) is 18.4 Å². The molecule has 3 rings (SSSR count). The summed E-state index contributed by atoms with van der Waals surface area (Å²) >= 11 is 1.32. The monoisotopic (exact) mass is 315 g/mol. The summed E-state index contributed by atoms with van der Waals surface area (Å²) in [6.07, 6.45) is 0.758. The second-order valence-corrected chi connectivity index (χ2v) is 5.69. The Kier molecular flexibility index (Phi) is 3.68. The van der Waals surface area contributed by atoms with Crippen molar-refractivity contribution in [1.29, 1.82) is 0 Å². The zero-order valence-electron chi connectivity index (χ0n) is 12.0. The highest BCUT2D eigenvalue weighted by Gasteiger charge is 2.17. The van der Waals surface area contributed by atoms with Crippen molar-refractivity contribution >= 4 is 33.1 Å². The topological polar surface area (TPSA) is 89.8 Å². The smallest absolute Gasteiger partial charge is 0.278 e. The van der Waals surface area contributed by atoms with Gasteiger partial charge >= 0.3 is 0 Å². The molecule has 1 amide bonds. The summed E-state index contributed by atoms with van der Waals surface area (Å²) in [5.41, 5.74) is -0.0534. The number of aromatic nitrogens is 4. The first-order chi connectivity index (χ1) is 10.6. The normalized spacial score (nSPS) is 10.8. The van der Waals surface area contributed by atoms with E-state index in [0.29, 0.717) is 15.9 Å². The number of amides is 1. The standard InChI is InChI=1S/C14H13N5O2S/c1-3-10-16-17-14(22-10)15-12(20)11-8-6-4-5-7-9(8)13(21)19(2)18-11/h4-7H,3H2,1-2H3,(H,15,17,20). The van der Waals surface area contributed by atoms with Crippen LogP contribution in [0.2, 0.25) is 0 Å². The molecule has 0 fully saturated rings. The first-order valence-electron chi connectivity index (χ1n) is 6.70. The van der Waals surface area contributed by atoms with E-state index in [0.717, 1.165) is 16.1 Å². The fraction of sp³-hybridized carbons (Fsp3) is 0.214. The minimum Gasteiger partial charge on any atom is -0.295 e. The lowest BCUT2D eigenvalue weighted by molar-refractivity contribution is 0.102. The first-order valence-corrected chi connectivity index (χ1v) is 7.51. The number of nitrogens with one attached hydrogen (secondary N) is 1. The third-order valence-corrected chi connectivity index (χ3v) is 4.14. The molecular formula is C14H13N5O2S. The maximum Gasteiger partial charge on any atom is 0.278 e. The van der Waals surface area contributed by atoms with Gasteiger partial charge in [0.05, 0.1) is 5.39 Å². The molecule has 0 bridgehead atoms.